The van der Waals surface area contributed by atoms with Crippen molar-refractivity contribution in [3.05, 3.63) is 30.3 Å². The predicted molar refractivity (Wildman–Crippen MR) is 63.1 cm³/mol. The van der Waals surface area contributed by atoms with Gasteiger partial charge in [0.15, 0.2) is 0 Å². The highest BCUT2D eigenvalue weighted by Crippen LogP contribution is 1.93. The molecule has 3 heteroatoms. The van der Waals surface area contributed by atoms with E-state index in [-0.39, 0.29) is 0 Å². The van der Waals surface area contributed by atoms with E-state index in [0.717, 1.165) is 13.0 Å². The Morgan fingerprint density at radius 1 is 1.29 bits per heavy atom. The highest BCUT2D eigenvalue weighted by atomic mass is 28.3. The van der Waals surface area contributed by atoms with Crippen LogP contribution in [0.3, 0.4) is 0 Å². The fourth-order valence-electron chi connectivity index (χ4n) is 1.34. The van der Waals surface area contributed by atoms with E-state index in [9.17, 15) is 0 Å². The first-order valence-corrected chi connectivity index (χ1v) is 7.11. The third kappa shape index (κ3) is 3.62. The van der Waals surface area contributed by atoms with Gasteiger partial charge < -0.3 is 10.2 Å². The first-order chi connectivity index (χ1) is 6.88. The van der Waals surface area contributed by atoms with Gasteiger partial charge in [-0.25, -0.2) is 0 Å². The standard InChI is InChI=1S/C11H19NOSi/c1-2-3-9-13-14(10-12)11-7-5-4-6-8-11/h4-8,14H,2-3,9-10,12H2,1H3. The highest BCUT2D eigenvalue weighted by molar-refractivity contribution is 6.67. The van der Waals surface area contributed by atoms with Gasteiger partial charge in [0.25, 0.3) is 0 Å². The Morgan fingerprint density at radius 2 is 2.00 bits per heavy atom. The molecule has 0 aromatic heterocycles. The Bertz CT molecular complexity index is 240. The van der Waals surface area contributed by atoms with Crippen molar-refractivity contribution < 1.29 is 4.43 Å². The molecule has 1 rings (SSSR count). The average Bonchev–Trinajstić information content (AvgIpc) is 2.26. The van der Waals surface area contributed by atoms with Crippen LogP contribution in [0.2, 0.25) is 0 Å². The van der Waals surface area contributed by atoms with Crippen LogP contribution in [-0.2, 0) is 4.43 Å². The van der Waals surface area contributed by atoms with Gasteiger partial charge in [0.1, 0.15) is 0 Å². The summed E-state index contributed by atoms with van der Waals surface area (Å²) in [7, 11) is -1.33. The Balaban J connectivity index is 2.46. The van der Waals surface area contributed by atoms with E-state index in [0.29, 0.717) is 6.17 Å². The Hall–Kier alpha value is -0.643. The van der Waals surface area contributed by atoms with E-state index < -0.39 is 9.04 Å². The highest BCUT2D eigenvalue weighted by Gasteiger charge is 2.11. The van der Waals surface area contributed by atoms with Gasteiger partial charge in [0, 0.05) is 12.8 Å². The van der Waals surface area contributed by atoms with E-state index in [1.165, 1.54) is 11.6 Å². The Labute approximate surface area is 87.8 Å². The number of hydrogen-bond acceptors (Lipinski definition) is 2. The molecular formula is C11H19NOSi. The molecule has 0 radical (unpaired) electrons. The first-order valence-electron chi connectivity index (χ1n) is 5.25. The van der Waals surface area contributed by atoms with Crippen molar-refractivity contribution in [2.24, 2.45) is 5.73 Å². The SMILES string of the molecule is CCCCO[SiH](CN)c1ccccc1. The molecule has 2 N–H and O–H groups in total. The van der Waals surface area contributed by atoms with Crippen molar-refractivity contribution in [2.45, 2.75) is 19.8 Å². The molecule has 0 aliphatic rings. The number of unbranched alkanes of at least 4 members (excludes halogenated alkanes) is 1. The lowest BCUT2D eigenvalue weighted by atomic mass is 10.4. The summed E-state index contributed by atoms with van der Waals surface area (Å²) in [4.78, 5) is 0. The lowest BCUT2D eigenvalue weighted by Crippen LogP contribution is -2.41. The fourth-order valence-corrected chi connectivity index (χ4v) is 3.04. The lowest BCUT2D eigenvalue weighted by molar-refractivity contribution is 0.317. The van der Waals surface area contributed by atoms with Gasteiger partial charge in [0.05, 0.1) is 0 Å². The quantitative estimate of drug-likeness (QED) is 0.559. The van der Waals surface area contributed by atoms with Gasteiger partial charge in [-0.3, -0.25) is 0 Å². The van der Waals surface area contributed by atoms with E-state index in [1.807, 2.05) is 18.2 Å². The second-order valence-electron chi connectivity index (χ2n) is 3.36. The van der Waals surface area contributed by atoms with Gasteiger partial charge in [-0.05, 0) is 11.6 Å². The summed E-state index contributed by atoms with van der Waals surface area (Å²) in [5, 5.41) is 1.31. The van der Waals surface area contributed by atoms with Crippen molar-refractivity contribution in [1.29, 1.82) is 0 Å². The van der Waals surface area contributed by atoms with Crippen LogP contribution in [-0.4, -0.2) is 21.8 Å². The topological polar surface area (TPSA) is 35.2 Å². The third-order valence-electron chi connectivity index (χ3n) is 2.20. The molecule has 1 aromatic rings. The second-order valence-corrected chi connectivity index (χ2v) is 5.81. The summed E-state index contributed by atoms with van der Waals surface area (Å²) in [5.74, 6) is 0. The lowest BCUT2D eigenvalue weighted by Gasteiger charge is -2.14. The molecule has 0 saturated heterocycles. The summed E-state index contributed by atoms with van der Waals surface area (Å²) < 4.78 is 5.83. The predicted octanol–water partition coefficient (Wildman–Crippen LogP) is 0.932. The summed E-state index contributed by atoms with van der Waals surface area (Å²) in [6, 6.07) is 10.4. The van der Waals surface area contributed by atoms with Crippen LogP contribution in [0.4, 0.5) is 0 Å². The van der Waals surface area contributed by atoms with Crippen LogP contribution in [0.25, 0.3) is 0 Å². The minimum Gasteiger partial charge on any atom is -0.414 e. The third-order valence-corrected chi connectivity index (χ3v) is 4.40. The van der Waals surface area contributed by atoms with Crippen LogP contribution in [0, 0.1) is 0 Å². The van der Waals surface area contributed by atoms with Crippen molar-refractivity contribution in [2.75, 3.05) is 12.8 Å². The van der Waals surface area contributed by atoms with Crippen LogP contribution in [0.5, 0.6) is 0 Å². The normalized spacial score (nSPS) is 12.7. The summed E-state index contributed by atoms with van der Waals surface area (Å²) >= 11 is 0. The minimum absolute atomic E-state index is 0.688. The molecule has 1 unspecified atom stereocenters. The molecule has 14 heavy (non-hydrogen) atoms. The molecule has 78 valence electrons. The molecule has 0 heterocycles. The van der Waals surface area contributed by atoms with Crippen molar-refractivity contribution in [3.63, 3.8) is 0 Å². The average molecular weight is 209 g/mol. The van der Waals surface area contributed by atoms with Crippen LogP contribution in [0.15, 0.2) is 30.3 Å². The maximum Gasteiger partial charge on any atom is 0.221 e. The zero-order valence-electron chi connectivity index (χ0n) is 8.78. The first kappa shape index (κ1) is 11.4. The zero-order valence-corrected chi connectivity index (χ0v) is 9.93. The largest absolute Gasteiger partial charge is 0.414 e. The molecule has 0 aliphatic heterocycles. The molecule has 1 atom stereocenters. The summed E-state index contributed by atoms with van der Waals surface area (Å²) in [6.45, 7) is 3.03. The Morgan fingerprint density at radius 3 is 2.57 bits per heavy atom. The molecule has 0 bridgehead atoms. The van der Waals surface area contributed by atoms with Gasteiger partial charge >= 0.3 is 0 Å². The summed E-state index contributed by atoms with van der Waals surface area (Å²) in [6.07, 6.45) is 3.00. The maximum atomic E-state index is 5.83. The van der Waals surface area contributed by atoms with E-state index in [2.05, 4.69) is 19.1 Å². The van der Waals surface area contributed by atoms with Gasteiger partial charge in [-0.1, -0.05) is 43.7 Å². The summed E-state index contributed by atoms with van der Waals surface area (Å²) in [5.41, 5.74) is 5.72. The molecule has 0 aliphatic carbocycles. The maximum absolute atomic E-state index is 5.83. The second kappa shape index (κ2) is 6.76. The number of rotatable bonds is 6. The van der Waals surface area contributed by atoms with Gasteiger partial charge in [-0.15, -0.1) is 0 Å². The molecule has 2 nitrogen and oxygen atoms in total. The number of nitrogens with two attached hydrogens (primary N) is 1. The number of hydrogen-bond donors (Lipinski definition) is 1. The van der Waals surface area contributed by atoms with Crippen LogP contribution in [0.1, 0.15) is 19.8 Å². The van der Waals surface area contributed by atoms with Crippen LogP contribution < -0.4 is 10.9 Å². The molecule has 0 fully saturated rings. The van der Waals surface area contributed by atoms with E-state index in [1.54, 1.807) is 0 Å². The monoisotopic (exact) mass is 209 g/mol. The molecule has 0 saturated carbocycles. The fraction of sp³-hybridized carbons (Fsp3) is 0.455. The van der Waals surface area contributed by atoms with E-state index >= 15 is 0 Å². The molecule has 1 aromatic carbocycles. The van der Waals surface area contributed by atoms with Gasteiger partial charge in [-0.2, -0.15) is 0 Å². The van der Waals surface area contributed by atoms with Crippen molar-refractivity contribution in [3.8, 4) is 0 Å². The minimum atomic E-state index is -1.33. The van der Waals surface area contributed by atoms with Crippen molar-refractivity contribution >= 4 is 14.2 Å². The molecule has 0 spiro atoms. The van der Waals surface area contributed by atoms with Gasteiger partial charge in [0.2, 0.25) is 9.04 Å². The smallest absolute Gasteiger partial charge is 0.221 e. The van der Waals surface area contributed by atoms with Crippen molar-refractivity contribution in [1.82, 2.24) is 0 Å². The number of benzene rings is 1. The zero-order chi connectivity index (χ0) is 10.2. The molecule has 0 amide bonds. The van der Waals surface area contributed by atoms with E-state index in [4.69, 9.17) is 10.2 Å². The Kier molecular flexibility index (Phi) is 5.52. The van der Waals surface area contributed by atoms with Crippen LogP contribution >= 0.6 is 0 Å². The molecular weight excluding hydrogens is 190 g/mol.